The van der Waals surface area contributed by atoms with Crippen molar-refractivity contribution in [2.24, 2.45) is 11.8 Å². The van der Waals surface area contributed by atoms with Crippen LogP contribution in [0, 0.1) is 11.8 Å². The molecule has 1 aliphatic heterocycles. The van der Waals surface area contributed by atoms with Gasteiger partial charge in [-0.25, -0.2) is 0 Å². The number of anilines is 1. The number of piperidine rings is 1. The van der Waals surface area contributed by atoms with Gasteiger partial charge in [-0.3, -0.25) is 4.79 Å². The third-order valence-electron chi connectivity index (χ3n) is 4.80. The monoisotopic (exact) mass is 275 g/mol. The van der Waals surface area contributed by atoms with E-state index >= 15 is 0 Å². The van der Waals surface area contributed by atoms with Crippen molar-refractivity contribution in [1.82, 2.24) is 9.47 Å². The molecule has 2 aliphatic rings. The van der Waals surface area contributed by atoms with Crippen molar-refractivity contribution in [1.29, 1.82) is 0 Å². The molecule has 4 heteroatoms. The van der Waals surface area contributed by atoms with Crippen LogP contribution in [0.4, 0.5) is 5.69 Å². The van der Waals surface area contributed by atoms with Gasteiger partial charge in [0.2, 0.25) is 0 Å². The quantitative estimate of drug-likeness (QED) is 0.922. The van der Waals surface area contributed by atoms with Crippen LogP contribution in [0.5, 0.6) is 0 Å². The van der Waals surface area contributed by atoms with Crippen LogP contribution in [0.15, 0.2) is 12.3 Å². The lowest BCUT2D eigenvalue weighted by Gasteiger charge is -2.34. The zero-order chi connectivity index (χ0) is 14.3. The van der Waals surface area contributed by atoms with Crippen molar-refractivity contribution in [3.8, 4) is 0 Å². The Labute approximate surface area is 120 Å². The van der Waals surface area contributed by atoms with Gasteiger partial charge in [0.1, 0.15) is 5.69 Å². The molecule has 0 atom stereocenters. The maximum absolute atomic E-state index is 12.7. The van der Waals surface area contributed by atoms with Gasteiger partial charge in [-0.1, -0.05) is 13.8 Å². The van der Waals surface area contributed by atoms with E-state index in [1.807, 2.05) is 17.2 Å². The fraction of sp³-hybridized carbons (Fsp3) is 0.688. The van der Waals surface area contributed by atoms with E-state index in [0.29, 0.717) is 11.7 Å². The van der Waals surface area contributed by atoms with Gasteiger partial charge in [-0.05, 0) is 43.6 Å². The second-order valence-corrected chi connectivity index (χ2v) is 6.67. The van der Waals surface area contributed by atoms with Gasteiger partial charge in [0.15, 0.2) is 0 Å². The maximum Gasteiger partial charge on any atom is 0.270 e. The van der Waals surface area contributed by atoms with E-state index in [-0.39, 0.29) is 5.91 Å². The fourth-order valence-electron chi connectivity index (χ4n) is 3.26. The number of nitrogens with zero attached hydrogens (tertiary/aromatic N) is 2. The number of carbonyl (C=O) groups excluding carboxylic acids is 1. The molecule has 0 aromatic carbocycles. The Morgan fingerprint density at radius 3 is 2.45 bits per heavy atom. The minimum absolute atomic E-state index is 0.163. The third-order valence-corrected chi connectivity index (χ3v) is 4.80. The lowest BCUT2D eigenvalue weighted by molar-refractivity contribution is 0.0656. The summed E-state index contributed by atoms with van der Waals surface area (Å²) in [6.07, 6.45) is 6.52. The number of carbonyl (C=O) groups is 1. The molecule has 0 radical (unpaired) electrons. The van der Waals surface area contributed by atoms with Gasteiger partial charge >= 0.3 is 0 Å². The number of aromatic nitrogens is 1. The van der Waals surface area contributed by atoms with E-state index in [4.69, 9.17) is 5.73 Å². The largest absolute Gasteiger partial charge is 0.397 e. The standard InChI is InChI=1S/C16H25N3O/c1-11(2)12-5-7-18(8-6-12)16(20)15-9-13(17)10-19(15)14-3-4-14/h9-12,14H,3-8,17H2,1-2H3. The van der Waals surface area contributed by atoms with Crippen LogP contribution >= 0.6 is 0 Å². The van der Waals surface area contributed by atoms with Crippen molar-refractivity contribution < 1.29 is 4.79 Å². The summed E-state index contributed by atoms with van der Waals surface area (Å²) in [4.78, 5) is 14.7. The first-order chi connectivity index (χ1) is 9.56. The summed E-state index contributed by atoms with van der Waals surface area (Å²) in [6.45, 7) is 6.33. The molecule has 3 rings (SSSR count). The average Bonchev–Trinajstić information content (AvgIpc) is 3.21. The summed E-state index contributed by atoms with van der Waals surface area (Å²) >= 11 is 0. The SMILES string of the molecule is CC(C)C1CCN(C(=O)c2cc(N)cn2C2CC2)CC1. The van der Waals surface area contributed by atoms with Crippen molar-refractivity contribution in [2.45, 2.75) is 45.6 Å². The van der Waals surface area contributed by atoms with E-state index in [1.165, 1.54) is 12.8 Å². The van der Waals surface area contributed by atoms with Gasteiger partial charge in [-0.15, -0.1) is 0 Å². The van der Waals surface area contributed by atoms with E-state index in [0.717, 1.165) is 43.5 Å². The molecule has 1 saturated heterocycles. The fourth-order valence-corrected chi connectivity index (χ4v) is 3.26. The Morgan fingerprint density at radius 2 is 1.90 bits per heavy atom. The van der Waals surface area contributed by atoms with E-state index < -0.39 is 0 Å². The normalized spacial score (nSPS) is 20.6. The van der Waals surface area contributed by atoms with Gasteiger partial charge in [0, 0.05) is 25.3 Å². The number of rotatable bonds is 3. The van der Waals surface area contributed by atoms with Gasteiger partial charge in [-0.2, -0.15) is 0 Å². The van der Waals surface area contributed by atoms with Crippen LogP contribution in [-0.4, -0.2) is 28.5 Å². The smallest absolute Gasteiger partial charge is 0.270 e. The molecule has 1 saturated carbocycles. The molecule has 1 aromatic heterocycles. The summed E-state index contributed by atoms with van der Waals surface area (Å²) in [5.74, 6) is 1.65. The molecule has 1 aliphatic carbocycles. The highest BCUT2D eigenvalue weighted by Gasteiger charge is 2.31. The average molecular weight is 275 g/mol. The van der Waals surface area contributed by atoms with E-state index in [2.05, 4.69) is 18.4 Å². The molecule has 0 unspecified atom stereocenters. The van der Waals surface area contributed by atoms with Gasteiger partial charge in [0.05, 0.1) is 5.69 Å². The van der Waals surface area contributed by atoms with Crippen LogP contribution < -0.4 is 5.73 Å². The molecule has 1 amide bonds. The summed E-state index contributed by atoms with van der Waals surface area (Å²) < 4.78 is 2.09. The highest BCUT2D eigenvalue weighted by Crippen LogP contribution is 2.37. The van der Waals surface area contributed by atoms with Crippen LogP contribution in [0.1, 0.15) is 56.1 Å². The van der Waals surface area contributed by atoms with Gasteiger partial charge < -0.3 is 15.2 Å². The molecule has 1 aromatic rings. The molecular formula is C16H25N3O. The lowest BCUT2D eigenvalue weighted by Crippen LogP contribution is -2.40. The molecular weight excluding hydrogens is 250 g/mol. The molecule has 2 heterocycles. The van der Waals surface area contributed by atoms with Gasteiger partial charge in [0.25, 0.3) is 5.91 Å². The van der Waals surface area contributed by atoms with Crippen LogP contribution in [0.25, 0.3) is 0 Å². The molecule has 110 valence electrons. The second kappa shape index (κ2) is 5.15. The summed E-state index contributed by atoms with van der Waals surface area (Å²) in [5.41, 5.74) is 7.37. The Balaban J connectivity index is 1.70. The minimum atomic E-state index is 0.163. The number of amides is 1. The Kier molecular flexibility index (Phi) is 3.48. The first-order valence-electron chi connectivity index (χ1n) is 7.83. The third kappa shape index (κ3) is 2.56. The molecule has 2 fully saturated rings. The number of nitrogens with two attached hydrogens (primary N) is 1. The van der Waals surface area contributed by atoms with Crippen LogP contribution in [0.2, 0.25) is 0 Å². The molecule has 4 nitrogen and oxygen atoms in total. The Hall–Kier alpha value is -1.45. The number of hydrogen-bond acceptors (Lipinski definition) is 2. The van der Waals surface area contributed by atoms with Crippen molar-refractivity contribution in [3.63, 3.8) is 0 Å². The Bertz CT molecular complexity index is 494. The zero-order valence-electron chi connectivity index (χ0n) is 12.5. The highest BCUT2D eigenvalue weighted by atomic mass is 16.2. The first-order valence-corrected chi connectivity index (χ1v) is 7.83. The molecule has 0 bridgehead atoms. The summed E-state index contributed by atoms with van der Waals surface area (Å²) in [6, 6.07) is 2.34. The van der Waals surface area contributed by atoms with Crippen molar-refractivity contribution in [3.05, 3.63) is 18.0 Å². The summed E-state index contributed by atoms with van der Waals surface area (Å²) in [5, 5.41) is 0. The highest BCUT2D eigenvalue weighted by molar-refractivity contribution is 5.94. The maximum atomic E-state index is 12.7. The molecule has 20 heavy (non-hydrogen) atoms. The predicted octanol–water partition coefficient (Wildman–Crippen LogP) is 2.91. The first kappa shape index (κ1) is 13.5. The molecule has 2 N–H and O–H groups in total. The van der Waals surface area contributed by atoms with Crippen molar-refractivity contribution in [2.75, 3.05) is 18.8 Å². The Morgan fingerprint density at radius 1 is 1.25 bits per heavy atom. The van der Waals surface area contributed by atoms with Crippen LogP contribution in [-0.2, 0) is 0 Å². The van der Waals surface area contributed by atoms with E-state index in [9.17, 15) is 4.79 Å². The zero-order valence-corrected chi connectivity index (χ0v) is 12.5. The predicted molar refractivity (Wildman–Crippen MR) is 80.6 cm³/mol. The van der Waals surface area contributed by atoms with Crippen LogP contribution in [0.3, 0.4) is 0 Å². The topological polar surface area (TPSA) is 51.3 Å². The van der Waals surface area contributed by atoms with Crippen molar-refractivity contribution >= 4 is 11.6 Å². The van der Waals surface area contributed by atoms with E-state index in [1.54, 1.807) is 0 Å². The number of nitrogen functional groups attached to an aromatic ring is 1. The minimum Gasteiger partial charge on any atom is -0.397 e. The lowest BCUT2D eigenvalue weighted by atomic mass is 9.86. The number of hydrogen-bond donors (Lipinski definition) is 1. The summed E-state index contributed by atoms with van der Waals surface area (Å²) in [7, 11) is 0. The molecule has 0 spiro atoms. The number of likely N-dealkylation sites (tertiary alicyclic amines) is 1. The second-order valence-electron chi connectivity index (χ2n) is 6.67.